The van der Waals surface area contributed by atoms with Gasteiger partial charge in [0.2, 0.25) is 5.91 Å². The lowest BCUT2D eigenvalue weighted by Gasteiger charge is -2.32. The van der Waals surface area contributed by atoms with Gasteiger partial charge in [-0.3, -0.25) is 9.59 Å². The van der Waals surface area contributed by atoms with Gasteiger partial charge in [0.1, 0.15) is 11.8 Å². The maximum atomic E-state index is 13.5. The monoisotopic (exact) mass is 478 g/mol. The van der Waals surface area contributed by atoms with E-state index >= 15 is 0 Å². The molecule has 0 bridgehead atoms. The third kappa shape index (κ3) is 7.63. The third-order valence-corrected chi connectivity index (χ3v) is 5.73. The molecule has 6 heteroatoms. The molecule has 0 aromatic heterocycles. The quantitative estimate of drug-likeness (QED) is 0.415. The summed E-state index contributed by atoms with van der Waals surface area (Å²) in [7, 11) is 0. The van der Waals surface area contributed by atoms with E-state index in [-0.39, 0.29) is 30.9 Å². The highest BCUT2D eigenvalue weighted by molar-refractivity contribution is 6.31. The first-order valence-electron chi connectivity index (χ1n) is 11.5. The minimum atomic E-state index is -0.718. The largest absolute Gasteiger partial charge is 0.484 e. The number of nitrogens with one attached hydrogen (secondary N) is 1. The molecular formula is C28H31ClN2O3. The molecule has 0 aliphatic heterocycles. The van der Waals surface area contributed by atoms with Crippen LogP contribution in [0.3, 0.4) is 0 Å². The number of hydrogen-bond donors (Lipinski definition) is 1. The number of carbonyl (C=O) groups is 2. The molecule has 2 amide bonds. The van der Waals surface area contributed by atoms with Gasteiger partial charge in [0.15, 0.2) is 6.61 Å². The van der Waals surface area contributed by atoms with Crippen LogP contribution in [0, 0.1) is 5.92 Å². The summed E-state index contributed by atoms with van der Waals surface area (Å²) < 4.78 is 5.74. The van der Waals surface area contributed by atoms with Gasteiger partial charge < -0.3 is 15.0 Å². The van der Waals surface area contributed by atoms with Crippen LogP contribution in [0.4, 0.5) is 0 Å². The van der Waals surface area contributed by atoms with E-state index in [0.29, 0.717) is 23.7 Å². The molecule has 0 aliphatic carbocycles. The van der Waals surface area contributed by atoms with Crippen LogP contribution in [-0.4, -0.2) is 35.9 Å². The molecule has 5 nitrogen and oxygen atoms in total. The number of halogens is 1. The molecule has 0 spiro atoms. The fraction of sp³-hybridized carbons (Fsp3) is 0.286. The summed E-state index contributed by atoms with van der Waals surface area (Å²) in [6.45, 7) is 4.61. The molecule has 0 fully saturated rings. The van der Waals surface area contributed by atoms with Crippen molar-refractivity contribution >= 4 is 23.4 Å². The summed E-state index contributed by atoms with van der Waals surface area (Å²) in [4.78, 5) is 28.4. The molecule has 34 heavy (non-hydrogen) atoms. The van der Waals surface area contributed by atoms with Gasteiger partial charge in [0.25, 0.3) is 5.91 Å². The smallest absolute Gasteiger partial charge is 0.261 e. The van der Waals surface area contributed by atoms with Crippen LogP contribution in [0.15, 0.2) is 84.9 Å². The fourth-order valence-corrected chi connectivity index (χ4v) is 3.73. The van der Waals surface area contributed by atoms with E-state index in [0.717, 1.165) is 11.1 Å². The zero-order valence-corrected chi connectivity index (χ0v) is 20.4. The van der Waals surface area contributed by atoms with Crippen molar-refractivity contribution in [3.05, 3.63) is 101 Å². The Labute approximate surface area is 206 Å². The zero-order valence-electron chi connectivity index (χ0n) is 19.6. The molecule has 0 heterocycles. The van der Waals surface area contributed by atoms with Gasteiger partial charge in [0, 0.05) is 24.5 Å². The van der Waals surface area contributed by atoms with Gasteiger partial charge in [-0.2, -0.15) is 0 Å². The molecule has 178 valence electrons. The predicted molar refractivity (Wildman–Crippen MR) is 136 cm³/mol. The summed E-state index contributed by atoms with van der Waals surface area (Å²) in [5, 5.41) is 3.55. The van der Waals surface area contributed by atoms with Crippen LogP contribution >= 0.6 is 11.6 Å². The molecule has 0 aliphatic rings. The molecule has 0 unspecified atom stereocenters. The van der Waals surface area contributed by atoms with Crippen molar-refractivity contribution in [2.75, 3.05) is 13.2 Å². The lowest BCUT2D eigenvalue weighted by molar-refractivity contribution is -0.142. The van der Waals surface area contributed by atoms with Crippen LogP contribution in [0.5, 0.6) is 5.75 Å². The lowest BCUT2D eigenvalue weighted by Crippen LogP contribution is -2.52. The molecular weight excluding hydrogens is 448 g/mol. The number of rotatable bonds is 11. The normalized spacial score (nSPS) is 11.6. The molecule has 1 N–H and O–H groups in total. The van der Waals surface area contributed by atoms with Crippen LogP contribution in [0.25, 0.3) is 0 Å². The highest BCUT2D eigenvalue weighted by atomic mass is 35.5. The first-order chi connectivity index (χ1) is 16.4. The van der Waals surface area contributed by atoms with Crippen LogP contribution in [0.2, 0.25) is 5.02 Å². The molecule has 0 saturated carbocycles. The minimum Gasteiger partial charge on any atom is -0.484 e. The minimum absolute atomic E-state index is 0.183. The summed E-state index contributed by atoms with van der Waals surface area (Å²) in [6.07, 6.45) is 0.381. The highest BCUT2D eigenvalue weighted by Gasteiger charge is 2.31. The van der Waals surface area contributed by atoms with Crippen LogP contribution in [0.1, 0.15) is 25.0 Å². The Morgan fingerprint density at radius 2 is 1.53 bits per heavy atom. The summed E-state index contributed by atoms with van der Waals surface area (Å²) >= 11 is 6.42. The SMILES string of the molecule is CC(C)CNC(=O)[C@@H](Cc1ccccc1)N(Cc1ccccc1Cl)C(=O)COc1ccccc1. The first kappa shape index (κ1) is 25.3. The Kier molecular flexibility index (Phi) is 9.53. The molecule has 0 saturated heterocycles. The van der Waals surface area contributed by atoms with Gasteiger partial charge >= 0.3 is 0 Å². The standard InChI is InChI=1S/C28H31ClN2O3/c1-21(2)18-30-28(33)26(17-22-11-5-3-6-12-22)31(19-23-13-9-10-16-25(23)29)27(32)20-34-24-14-7-4-8-15-24/h3-16,21,26H,17-20H2,1-2H3,(H,30,33)/t26-/m1/s1. The number of hydrogen-bond acceptors (Lipinski definition) is 3. The zero-order chi connectivity index (χ0) is 24.3. The number of carbonyl (C=O) groups excluding carboxylic acids is 2. The highest BCUT2D eigenvalue weighted by Crippen LogP contribution is 2.21. The van der Waals surface area contributed by atoms with Crippen LogP contribution < -0.4 is 10.1 Å². The second kappa shape index (κ2) is 12.8. The average molecular weight is 479 g/mol. The van der Waals surface area contributed by atoms with E-state index in [1.807, 2.05) is 80.6 Å². The van der Waals surface area contributed by atoms with Gasteiger partial charge in [0.05, 0.1) is 0 Å². The maximum Gasteiger partial charge on any atom is 0.261 e. The van der Waals surface area contributed by atoms with Crippen molar-refractivity contribution < 1.29 is 14.3 Å². The molecule has 3 aromatic carbocycles. The number of nitrogens with zero attached hydrogens (tertiary/aromatic N) is 1. The number of ether oxygens (including phenoxy) is 1. The Hall–Kier alpha value is -3.31. The van der Waals surface area contributed by atoms with Crippen molar-refractivity contribution in [1.29, 1.82) is 0 Å². The first-order valence-corrected chi connectivity index (χ1v) is 11.8. The Balaban J connectivity index is 1.90. The average Bonchev–Trinajstić information content (AvgIpc) is 2.85. The van der Waals surface area contributed by atoms with Crippen LogP contribution in [-0.2, 0) is 22.6 Å². The topological polar surface area (TPSA) is 58.6 Å². The summed E-state index contributed by atoms with van der Waals surface area (Å²) in [5.74, 6) is 0.398. The van der Waals surface area contributed by atoms with Gasteiger partial charge in [-0.05, 0) is 35.2 Å². The Morgan fingerprint density at radius 3 is 2.18 bits per heavy atom. The number of benzene rings is 3. The van der Waals surface area contributed by atoms with E-state index in [9.17, 15) is 9.59 Å². The van der Waals surface area contributed by atoms with E-state index in [1.54, 1.807) is 23.1 Å². The van der Waals surface area contributed by atoms with E-state index in [2.05, 4.69) is 5.32 Å². The van der Waals surface area contributed by atoms with Gasteiger partial charge in [-0.1, -0.05) is 92.2 Å². The Bertz CT molecular complexity index is 1060. The molecule has 1 atom stereocenters. The molecule has 3 aromatic rings. The van der Waals surface area contributed by atoms with Crippen molar-refractivity contribution in [2.24, 2.45) is 5.92 Å². The second-order valence-electron chi connectivity index (χ2n) is 8.56. The predicted octanol–water partition coefficient (Wildman–Crippen LogP) is 5.13. The van der Waals surface area contributed by atoms with E-state index < -0.39 is 6.04 Å². The van der Waals surface area contributed by atoms with E-state index in [4.69, 9.17) is 16.3 Å². The van der Waals surface area contributed by atoms with E-state index in [1.165, 1.54) is 0 Å². The number of para-hydroxylation sites is 1. The maximum absolute atomic E-state index is 13.5. The summed E-state index contributed by atoms with van der Waals surface area (Å²) in [6, 6.07) is 25.5. The van der Waals surface area contributed by atoms with Crippen molar-refractivity contribution in [2.45, 2.75) is 32.9 Å². The second-order valence-corrected chi connectivity index (χ2v) is 8.97. The summed E-state index contributed by atoms with van der Waals surface area (Å²) in [5.41, 5.74) is 1.74. The van der Waals surface area contributed by atoms with Gasteiger partial charge in [-0.15, -0.1) is 0 Å². The Morgan fingerprint density at radius 1 is 0.912 bits per heavy atom. The van der Waals surface area contributed by atoms with Crippen molar-refractivity contribution in [1.82, 2.24) is 10.2 Å². The van der Waals surface area contributed by atoms with Crippen molar-refractivity contribution in [3.8, 4) is 5.75 Å². The van der Waals surface area contributed by atoms with Gasteiger partial charge in [-0.25, -0.2) is 0 Å². The molecule has 0 radical (unpaired) electrons. The molecule has 3 rings (SSSR count). The lowest BCUT2D eigenvalue weighted by atomic mass is 10.0. The number of amides is 2. The fourth-order valence-electron chi connectivity index (χ4n) is 3.53. The third-order valence-electron chi connectivity index (χ3n) is 5.36. The van der Waals surface area contributed by atoms with Crippen molar-refractivity contribution in [3.63, 3.8) is 0 Å².